The summed E-state index contributed by atoms with van der Waals surface area (Å²) in [6.45, 7) is 2.10. The van der Waals surface area contributed by atoms with Gasteiger partial charge < -0.3 is 5.11 Å². The predicted octanol–water partition coefficient (Wildman–Crippen LogP) is 3.07. The smallest absolute Gasteiger partial charge is 0.356 e. The summed E-state index contributed by atoms with van der Waals surface area (Å²) < 4.78 is 2.13. The van der Waals surface area contributed by atoms with Crippen LogP contribution in [0.2, 0.25) is 0 Å². The van der Waals surface area contributed by atoms with Crippen LogP contribution in [-0.4, -0.2) is 20.9 Å². The summed E-state index contributed by atoms with van der Waals surface area (Å²) in [5.41, 5.74) is 1.45. The van der Waals surface area contributed by atoms with E-state index in [9.17, 15) is 9.90 Å². The molecule has 4 fully saturated rings. The third-order valence-electron chi connectivity index (χ3n) is 5.82. The van der Waals surface area contributed by atoms with Crippen LogP contribution in [0.15, 0.2) is 6.07 Å². The van der Waals surface area contributed by atoms with Gasteiger partial charge in [0.1, 0.15) is 0 Å². The van der Waals surface area contributed by atoms with Gasteiger partial charge >= 0.3 is 5.97 Å². The number of nitrogens with zero attached hydrogens (tertiary/aromatic N) is 2. The van der Waals surface area contributed by atoms with E-state index in [1.165, 1.54) is 38.5 Å². The molecule has 0 amide bonds. The first-order chi connectivity index (χ1) is 9.59. The van der Waals surface area contributed by atoms with Gasteiger partial charge in [-0.25, -0.2) is 4.79 Å². The van der Waals surface area contributed by atoms with Crippen LogP contribution in [0.1, 0.15) is 61.6 Å². The number of hydrogen-bond donors (Lipinski definition) is 1. The van der Waals surface area contributed by atoms with Gasteiger partial charge in [-0.05, 0) is 68.8 Å². The van der Waals surface area contributed by atoms with Crippen LogP contribution in [0.5, 0.6) is 0 Å². The van der Waals surface area contributed by atoms with Gasteiger partial charge in [-0.2, -0.15) is 5.10 Å². The minimum atomic E-state index is -0.900. The summed E-state index contributed by atoms with van der Waals surface area (Å²) in [5.74, 6) is 1.65. The second kappa shape index (κ2) is 4.09. The first-order valence-electron chi connectivity index (χ1n) is 7.92. The minimum Gasteiger partial charge on any atom is -0.476 e. The van der Waals surface area contributed by atoms with E-state index in [2.05, 4.69) is 16.7 Å². The van der Waals surface area contributed by atoms with Gasteiger partial charge in [0.15, 0.2) is 5.69 Å². The van der Waals surface area contributed by atoms with Crippen LogP contribution >= 0.6 is 0 Å². The molecule has 0 radical (unpaired) electrons. The molecule has 1 aromatic rings. The maximum atomic E-state index is 11.2. The Morgan fingerprint density at radius 2 is 1.85 bits per heavy atom. The number of aromatic carboxylic acids is 1. The molecule has 20 heavy (non-hydrogen) atoms. The highest BCUT2D eigenvalue weighted by Gasteiger charge is 2.52. The average molecular weight is 274 g/mol. The third kappa shape index (κ3) is 1.66. The zero-order valence-electron chi connectivity index (χ0n) is 12.0. The lowest BCUT2D eigenvalue weighted by Crippen LogP contribution is -2.52. The van der Waals surface area contributed by atoms with Crippen molar-refractivity contribution in [3.8, 4) is 0 Å². The summed E-state index contributed by atoms with van der Waals surface area (Å²) >= 11 is 0. The van der Waals surface area contributed by atoms with Crippen molar-refractivity contribution in [2.24, 2.45) is 17.8 Å². The van der Waals surface area contributed by atoms with E-state index < -0.39 is 5.97 Å². The first kappa shape index (κ1) is 12.4. The Balaban J connectivity index is 1.78. The lowest BCUT2D eigenvalue weighted by atomic mass is 9.53. The lowest BCUT2D eigenvalue weighted by molar-refractivity contribution is -0.0508. The number of rotatable bonds is 3. The normalized spacial score (nSPS) is 38.4. The third-order valence-corrected chi connectivity index (χ3v) is 5.82. The summed E-state index contributed by atoms with van der Waals surface area (Å²) in [6, 6.07) is 1.78. The maximum Gasteiger partial charge on any atom is 0.356 e. The van der Waals surface area contributed by atoms with Gasteiger partial charge in [-0.3, -0.25) is 4.68 Å². The molecule has 4 heteroatoms. The molecule has 1 heterocycles. The van der Waals surface area contributed by atoms with Crippen molar-refractivity contribution in [1.29, 1.82) is 0 Å². The number of carboxylic acid groups (broad SMARTS) is 1. The topological polar surface area (TPSA) is 55.1 Å². The van der Waals surface area contributed by atoms with Crippen LogP contribution in [0, 0.1) is 17.8 Å². The van der Waals surface area contributed by atoms with E-state index in [4.69, 9.17) is 0 Å². The zero-order valence-corrected chi connectivity index (χ0v) is 12.0. The number of carboxylic acids is 1. The first-order valence-corrected chi connectivity index (χ1v) is 7.92. The predicted molar refractivity (Wildman–Crippen MR) is 74.7 cm³/mol. The SMILES string of the molecule is CCc1cc(C(=O)O)nn1C12CC3CC(CC(C3)C1)C2. The van der Waals surface area contributed by atoms with E-state index in [1.54, 1.807) is 6.07 Å². The van der Waals surface area contributed by atoms with Crippen LogP contribution in [0.25, 0.3) is 0 Å². The summed E-state index contributed by atoms with van der Waals surface area (Å²) in [5, 5.41) is 13.7. The molecule has 4 nitrogen and oxygen atoms in total. The molecule has 0 spiro atoms. The van der Waals surface area contributed by atoms with Gasteiger partial charge in [-0.1, -0.05) is 6.92 Å². The highest BCUT2D eigenvalue weighted by Crippen LogP contribution is 2.58. The fraction of sp³-hybridized carbons (Fsp3) is 0.750. The van der Waals surface area contributed by atoms with Gasteiger partial charge in [-0.15, -0.1) is 0 Å². The molecule has 0 saturated heterocycles. The lowest BCUT2D eigenvalue weighted by Gasteiger charge is -2.57. The van der Waals surface area contributed by atoms with E-state index >= 15 is 0 Å². The molecule has 1 N–H and O–H groups in total. The Morgan fingerprint density at radius 3 is 2.30 bits per heavy atom. The molecule has 1 aromatic heterocycles. The Bertz CT molecular complexity index is 526. The second-order valence-electron chi connectivity index (χ2n) is 7.23. The van der Waals surface area contributed by atoms with Crippen molar-refractivity contribution < 1.29 is 9.90 Å². The van der Waals surface area contributed by atoms with Gasteiger partial charge in [0, 0.05) is 5.69 Å². The molecule has 4 bridgehead atoms. The van der Waals surface area contributed by atoms with Crippen LogP contribution in [0.4, 0.5) is 0 Å². The Kier molecular flexibility index (Phi) is 2.54. The average Bonchev–Trinajstić information content (AvgIpc) is 2.82. The molecule has 5 rings (SSSR count). The Morgan fingerprint density at radius 1 is 1.30 bits per heavy atom. The molecular formula is C16H22N2O2. The minimum absolute atomic E-state index is 0.133. The van der Waals surface area contributed by atoms with Crippen molar-refractivity contribution in [1.82, 2.24) is 9.78 Å². The number of hydrogen-bond acceptors (Lipinski definition) is 2. The van der Waals surface area contributed by atoms with Crippen LogP contribution < -0.4 is 0 Å². The molecule has 108 valence electrons. The molecule has 4 aliphatic carbocycles. The largest absolute Gasteiger partial charge is 0.476 e. The van der Waals surface area contributed by atoms with E-state index in [1.807, 2.05) is 0 Å². The second-order valence-corrected chi connectivity index (χ2v) is 7.23. The van der Waals surface area contributed by atoms with Crippen molar-refractivity contribution in [2.45, 2.75) is 57.4 Å². The maximum absolute atomic E-state index is 11.2. The molecule has 0 aliphatic heterocycles. The highest BCUT2D eigenvalue weighted by atomic mass is 16.4. The summed E-state index contributed by atoms with van der Waals surface area (Å²) in [6.07, 6.45) is 8.70. The monoisotopic (exact) mass is 274 g/mol. The molecule has 0 atom stereocenters. The van der Waals surface area contributed by atoms with Crippen LogP contribution in [0.3, 0.4) is 0 Å². The Labute approximate surface area is 119 Å². The molecule has 0 unspecified atom stereocenters. The van der Waals surface area contributed by atoms with Crippen LogP contribution in [-0.2, 0) is 12.0 Å². The highest BCUT2D eigenvalue weighted by molar-refractivity contribution is 5.85. The van der Waals surface area contributed by atoms with Crippen molar-refractivity contribution >= 4 is 5.97 Å². The van der Waals surface area contributed by atoms with Gasteiger partial charge in [0.05, 0.1) is 5.54 Å². The molecule has 0 aromatic carbocycles. The van der Waals surface area contributed by atoms with Gasteiger partial charge in [0.25, 0.3) is 0 Å². The molecule has 4 saturated carbocycles. The standard InChI is InChI=1S/C16H22N2O2/c1-2-13-6-14(15(19)20)17-18(13)16-7-10-3-11(8-16)5-12(4-10)9-16/h6,10-12H,2-5,7-9H2,1H3,(H,19,20). The van der Waals surface area contributed by atoms with Crippen molar-refractivity contribution in [3.05, 3.63) is 17.5 Å². The quantitative estimate of drug-likeness (QED) is 0.921. The van der Waals surface area contributed by atoms with E-state index in [0.717, 1.165) is 29.9 Å². The Hall–Kier alpha value is -1.32. The van der Waals surface area contributed by atoms with Crippen molar-refractivity contribution in [3.63, 3.8) is 0 Å². The molecular weight excluding hydrogens is 252 g/mol. The fourth-order valence-electron chi connectivity index (χ4n) is 5.51. The van der Waals surface area contributed by atoms with E-state index in [-0.39, 0.29) is 11.2 Å². The summed E-state index contributed by atoms with van der Waals surface area (Å²) in [7, 11) is 0. The number of aromatic nitrogens is 2. The van der Waals surface area contributed by atoms with Gasteiger partial charge in [0.2, 0.25) is 0 Å². The fourth-order valence-corrected chi connectivity index (χ4v) is 5.51. The number of carbonyl (C=O) groups is 1. The van der Waals surface area contributed by atoms with E-state index in [0.29, 0.717) is 0 Å². The molecule has 4 aliphatic rings. The summed E-state index contributed by atoms with van der Waals surface area (Å²) in [4.78, 5) is 11.2. The zero-order chi connectivity index (χ0) is 13.9. The number of aryl methyl sites for hydroxylation is 1. The van der Waals surface area contributed by atoms with Crippen molar-refractivity contribution in [2.75, 3.05) is 0 Å².